The van der Waals surface area contributed by atoms with Crippen LogP contribution in [-0.4, -0.2) is 23.1 Å². The van der Waals surface area contributed by atoms with Crippen LogP contribution in [0.2, 0.25) is 0 Å². The Balaban J connectivity index is 0. The standard InChI is InChI=1S/K.Mg.2H2S.3H/h;;2*1H2;;;/q+1;+2;;;3*-1. The second-order valence-corrected chi connectivity index (χ2v) is 0. The molecule has 0 spiro atoms. The van der Waals surface area contributed by atoms with Gasteiger partial charge in [-0.2, -0.15) is 27.0 Å². The van der Waals surface area contributed by atoms with E-state index in [9.17, 15) is 0 Å². The smallest absolute Gasteiger partial charge is 1.00 e. The third kappa shape index (κ3) is 8.92. The molecule has 0 aromatic carbocycles. The topological polar surface area (TPSA) is 0 Å². The largest absolute Gasteiger partial charge is 2.00 e. The summed E-state index contributed by atoms with van der Waals surface area (Å²) in [4.78, 5) is 0. The van der Waals surface area contributed by atoms with Crippen LogP contribution in [0.25, 0.3) is 0 Å². The Morgan fingerprint density at radius 3 is 1.00 bits per heavy atom. The van der Waals surface area contributed by atoms with E-state index >= 15 is 0 Å². The van der Waals surface area contributed by atoms with Crippen molar-refractivity contribution in [3.05, 3.63) is 0 Å². The van der Waals surface area contributed by atoms with Crippen molar-refractivity contribution in [2.45, 2.75) is 0 Å². The number of hydrogen-bond donors (Lipinski definition) is 0. The van der Waals surface area contributed by atoms with Crippen molar-refractivity contribution < 1.29 is 55.7 Å². The Kier molecular flexibility index (Phi) is 113. The molecule has 0 rings (SSSR count). The van der Waals surface area contributed by atoms with Gasteiger partial charge in [-0.25, -0.2) is 0 Å². The summed E-state index contributed by atoms with van der Waals surface area (Å²) in [5.74, 6) is 0. The van der Waals surface area contributed by atoms with Gasteiger partial charge in [0.15, 0.2) is 0 Å². The fourth-order valence-corrected chi connectivity index (χ4v) is 0. The molecule has 0 N–H and O–H groups in total. The second kappa shape index (κ2) is 16.5. The first kappa shape index (κ1) is 27.5. The molecule has 4 heavy (non-hydrogen) atoms. The van der Waals surface area contributed by atoms with Crippen molar-refractivity contribution >= 4 is 50.0 Å². The van der Waals surface area contributed by atoms with Crippen molar-refractivity contribution in [1.29, 1.82) is 0 Å². The van der Waals surface area contributed by atoms with E-state index in [2.05, 4.69) is 0 Å². The van der Waals surface area contributed by atoms with Crippen molar-refractivity contribution in [3.63, 3.8) is 0 Å². The van der Waals surface area contributed by atoms with Crippen molar-refractivity contribution in [2.24, 2.45) is 0 Å². The van der Waals surface area contributed by atoms with Gasteiger partial charge >= 0.3 is 74.4 Å². The molecule has 0 aliphatic heterocycles. The molecular weight excluding hydrogens is 128 g/mol. The van der Waals surface area contributed by atoms with E-state index in [0.717, 1.165) is 0 Å². The Morgan fingerprint density at radius 1 is 1.00 bits per heavy atom. The van der Waals surface area contributed by atoms with Gasteiger partial charge in [-0.3, -0.25) is 0 Å². The molecule has 0 aromatic rings. The fourth-order valence-electron chi connectivity index (χ4n) is 0. The first-order valence-electron chi connectivity index (χ1n) is 0. The van der Waals surface area contributed by atoms with Crippen LogP contribution in [0.4, 0.5) is 0 Å². The van der Waals surface area contributed by atoms with E-state index in [0.29, 0.717) is 0 Å². The molecular formula is H7KMgS2. The first-order chi connectivity index (χ1) is 0. The molecule has 0 aliphatic carbocycles. The van der Waals surface area contributed by atoms with Crippen LogP contribution < -0.4 is 51.4 Å². The maximum absolute atomic E-state index is 0. The summed E-state index contributed by atoms with van der Waals surface area (Å²) in [6.07, 6.45) is 0. The molecule has 0 unspecified atom stereocenters. The predicted octanol–water partition coefficient (Wildman–Crippen LogP) is -2.81. The Bertz CT molecular complexity index is 12.9. The van der Waals surface area contributed by atoms with Gasteiger partial charge in [0.05, 0.1) is 0 Å². The zero-order valence-corrected chi connectivity index (χ0v) is 9.24. The van der Waals surface area contributed by atoms with Crippen molar-refractivity contribution in [1.82, 2.24) is 0 Å². The zero-order valence-electron chi connectivity index (χ0n) is 5.71. The van der Waals surface area contributed by atoms with Gasteiger partial charge < -0.3 is 4.28 Å². The van der Waals surface area contributed by atoms with Crippen LogP contribution in [0.15, 0.2) is 0 Å². The van der Waals surface area contributed by atoms with E-state index in [1.165, 1.54) is 0 Å². The van der Waals surface area contributed by atoms with E-state index in [1.54, 1.807) is 0 Å². The summed E-state index contributed by atoms with van der Waals surface area (Å²) in [5, 5.41) is 0. The summed E-state index contributed by atoms with van der Waals surface area (Å²) >= 11 is 0. The SMILES string of the molecule is S.S.[H-].[H-].[H-].[K+].[Mg+2]. The first-order valence-corrected chi connectivity index (χ1v) is 0. The molecule has 0 aliphatic rings. The van der Waals surface area contributed by atoms with E-state index in [1.807, 2.05) is 0 Å². The Labute approximate surface area is 103 Å². The predicted molar refractivity (Wildman–Crippen MR) is 29.9 cm³/mol. The monoisotopic (exact) mass is 134 g/mol. The molecule has 0 atom stereocenters. The molecule has 0 amide bonds. The van der Waals surface area contributed by atoms with Gasteiger partial charge in [0.25, 0.3) is 0 Å². The number of rotatable bonds is 0. The quantitative estimate of drug-likeness (QED) is 0.314. The summed E-state index contributed by atoms with van der Waals surface area (Å²) in [5.41, 5.74) is 0. The minimum Gasteiger partial charge on any atom is -1.00 e. The minimum absolute atomic E-state index is 0. The molecule has 0 heterocycles. The maximum Gasteiger partial charge on any atom is 2.00 e. The normalized spacial score (nSPS) is 0. The molecule has 22 valence electrons. The van der Waals surface area contributed by atoms with Crippen LogP contribution in [0.1, 0.15) is 4.28 Å². The van der Waals surface area contributed by atoms with Gasteiger partial charge in [0.2, 0.25) is 0 Å². The van der Waals surface area contributed by atoms with Crippen LogP contribution in [-0.2, 0) is 0 Å². The van der Waals surface area contributed by atoms with Gasteiger partial charge in [0.1, 0.15) is 0 Å². The Morgan fingerprint density at radius 2 is 1.00 bits per heavy atom. The third-order valence-corrected chi connectivity index (χ3v) is 0. The van der Waals surface area contributed by atoms with Gasteiger partial charge in [0, 0.05) is 0 Å². The average molecular weight is 135 g/mol. The van der Waals surface area contributed by atoms with Gasteiger partial charge in [-0.1, -0.05) is 0 Å². The molecule has 0 aromatic heterocycles. The van der Waals surface area contributed by atoms with E-state index in [-0.39, 0.29) is 106 Å². The summed E-state index contributed by atoms with van der Waals surface area (Å²) < 4.78 is 0. The second-order valence-electron chi connectivity index (χ2n) is 0. The minimum atomic E-state index is 0. The van der Waals surface area contributed by atoms with E-state index < -0.39 is 0 Å². The molecule has 0 saturated carbocycles. The van der Waals surface area contributed by atoms with Crippen LogP contribution in [0.3, 0.4) is 0 Å². The van der Waals surface area contributed by atoms with Crippen LogP contribution >= 0.6 is 27.0 Å². The van der Waals surface area contributed by atoms with Crippen LogP contribution in [0, 0.1) is 0 Å². The van der Waals surface area contributed by atoms with Crippen LogP contribution in [0.5, 0.6) is 0 Å². The number of hydrogen-bond acceptors (Lipinski definition) is 0. The molecule has 0 bridgehead atoms. The zero-order chi connectivity index (χ0) is 0. The third-order valence-electron chi connectivity index (χ3n) is 0. The van der Waals surface area contributed by atoms with Gasteiger partial charge in [-0.05, 0) is 0 Å². The van der Waals surface area contributed by atoms with Crippen molar-refractivity contribution in [2.75, 3.05) is 0 Å². The van der Waals surface area contributed by atoms with Gasteiger partial charge in [-0.15, -0.1) is 0 Å². The summed E-state index contributed by atoms with van der Waals surface area (Å²) in [6.45, 7) is 0. The molecule has 4 heteroatoms. The molecule has 0 radical (unpaired) electrons. The van der Waals surface area contributed by atoms with Crippen molar-refractivity contribution in [3.8, 4) is 0 Å². The summed E-state index contributed by atoms with van der Waals surface area (Å²) in [6, 6.07) is 0. The average Bonchev–Trinajstić information content (AvgIpc) is 0. The fraction of sp³-hybridized carbons (Fsp3) is 0. The maximum atomic E-state index is 0. The molecule has 0 fully saturated rings. The summed E-state index contributed by atoms with van der Waals surface area (Å²) in [7, 11) is 0. The molecule has 0 saturated heterocycles. The molecule has 0 nitrogen and oxygen atoms in total. The van der Waals surface area contributed by atoms with E-state index in [4.69, 9.17) is 0 Å². The Hall–Kier alpha value is 3.10.